The summed E-state index contributed by atoms with van der Waals surface area (Å²) in [6, 6.07) is 1.64. The number of carboxylic acids is 1. The first-order valence-electron chi connectivity index (χ1n) is 5.63. The summed E-state index contributed by atoms with van der Waals surface area (Å²) in [6.45, 7) is 0.853. The lowest BCUT2D eigenvalue weighted by Crippen LogP contribution is -2.14. The molecule has 6 nitrogen and oxygen atoms in total. The Labute approximate surface area is 118 Å². The Balaban J connectivity index is 2.65. The highest BCUT2D eigenvalue weighted by atomic mass is 79.9. The van der Waals surface area contributed by atoms with Crippen molar-refractivity contribution in [3.63, 3.8) is 0 Å². The van der Waals surface area contributed by atoms with Gasteiger partial charge in [-0.15, -0.1) is 0 Å². The summed E-state index contributed by atoms with van der Waals surface area (Å²) in [5.41, 5.74) is 0.0567. The number of methoxy groups -OCH3 is 1. The molecule has 0 spiro atoms. The Bertz CT molecular complexity index is 501. The average Bonchev–Trinajstić information content (AvgIpc) is 2.61. The number of aliphatic hydroxyl groups excluding tert-OH is 1. The van der Waals surface area contributed by atoms with Crippen molar-refractivity contribution in [1.29, 1.82) is 0 Å². The van der Waals surface area contributed by atoms with E-state index in [4.69, 9.17) is 19.3 Å². The molecule has 104 valence electrons. The quantitative estimate of drug-likeness (QED) is 0.876. The van der Waals surface area contributed by atoms with Crippen molar-refractivity contribution in [1.82, 2.24) is 0 Å². The van der Waals surface area contributed by atoms with Gasteiger partial charge in [-0.1, -0.05) is 0 Å². The Morgan fingerprint density at radius 1 is 1.47 bits per heavy atom. The zero-order valence-corrected chi connectivity index (χ0v) is 11.8. The molecule has 7 heteroatoms. The predicted octanol–water partition coefficient (Wildman–Crippen LogP) is 1.74. The van der Waals surface area contributed by atoms with Crippen LogP contribution < -0.4 is 14.2 Å². The van der Waals surface area contributed by atoms with Crippen LogP contribution in [0.5, 0.6) is 17.2 Å². The largest absolute Gasteiger partial charge is 0.495 e. The number of hydrogen-bond donors (Lipinski definition) is 2. The van der Waals surface area contributed by atoms with Gasteiger partial charge in [0.25, 0.3) is 0 Å². The first-order valence-corrected chi connectivity index (χ1v) is 6.42. The van der Waals surface area contributed by atoms with E-state index in [2.05, 4.69) is 15.9 Å². The number of rotatable bonds is 3. The predicted molar refractivity (Wildman–Crippen MR) is 68.9 cm³/mol. The van der Waals surface area contributed by atoms with Gasteiger partial charge in [-0.25, -0.2) is 4.79 Å². The maximum absolute atomic E-state index is 11.0. The Morgan fingerprint density at radius 2 is 2.16 bits per heavy atom. The minimum atomic E-state index is -1.75. The third-order valence-corrected chi connectivity index (χ3v) is 3.28. The molecule has 0 bridgehead atoms. The maximum atomic E-state index is 11.0. The van der Waals surface area contributed by atoms with E-state index in [1.807, 2.05) is 0 Å². The van der Waals surface area contributed by atoms with Gasteiger partial charge >= 0.3 is 5.97 Å². The van der Waals surface area contributed by atoms with Gasteiger partial charge in [-0.2, -0.15) is 0 Å². The Morgan fingerprint density at radius 3 is 2.79 bits per heavy atom. The Hall–Kier alpha value is -1.47. The van der Waals surface area contributed by atoms with E-state index in [0.717, 1.165) is 0 Å². The van der Waals surface area contributed by atoms with Crippen LogP contribution in [0.2, 0.25) is 0 Å². The highest BCUT2D eigenvalue weighted by Gasteiger charge is 2.30. The van der Waals surface area contributed by atoms with Gasteiger partial charge in [0.2, 0.25) is 0 Å². The van der Waals surface area contributed by atoms with Gasteiger partial charge in [-0.3, -0.25) is 0 Å². The van der Waals surface area contributed by atoms with Gasteiger partial charge in [0.05, 0.1) is 30.4 Å². The number of aliphatic hydroxyl groups is 1. The number of aliphatic carboxylic acids is 1. The van der Waals surface area contributed by atoms with Crippen LogP contribution in [0.1, 0.15) is 18.1 Å². The van der Waals surface area contributed by atoms with Gasteiger partial charge in [0, 0.05) is 12.5 Å². The zero-order valence-electron chi connectivity index (χ0n) is 10.2. The molecule has 1 atom stereocenters. The molecule has 19 heavy (non-hydrogen) atoms. The fourth-order valence-electron chi connectivity index (χ4n) is 1.86. The molecule has 0 fully saturated rings. The highest BCUT2D eigenvalue weighted by Crippen LogP contribution is 2.46. The second-order valence-electron chi connectivity index (χ2n) is 3.92. The van der Waals surface area contributed by atoms with E-state index in [9.17, 15) is 9.90 Å². The molecule has 0 aromatic heterocycles. The molecule has 1 aromatic rings. The lowest BCUT2D eigenvalue weighted by atomic mass is 10.1. The van der Waals surface area contributed by atoms with Crippen LogP contribution in [0.4, 0.5) is 0 Å². The van der Waals surface area contributed by atoms with Crippen LogP contribution in [0.3, 0.4) is 0 Å². The summed E-state index contributed by atoms with van der Waals surface area (Å²) in [6.07, 6.45) is -1.07. The molecule has 0 radical (unpaired) electrons. The molecule has 1 aromatic carbocycles. The van der Waals surface area contributed by atoms with Crippen LogP contribution in [-0.4, -0.2) is 36.5 Å². The van der Waals surface area contributed by atoms with Crippen LogP contribution in [0.25, 0.3) is 0 Å². The number of hydrogen-bond acceptors (Lipinski definition) is 5. The van der Waals surface area contributed by atoms with Crippen molar-refractivity contribution >= 4 is 21.9 Å². The SMILES string of the molecule is COc1c(Br)cc2c(c1C(O)C(=O)O)OCCCO2. The molecule has 0 saturated carbocycles. The monoisotopic (exact) mass is 332 g/mol. The van der Waals surface area contributed by atoms with Gasteiger partial charge < -0.3 is 24.4 Å². The lowest BCUT2D eigenvalue weighted by Gasteiger charge is -2.19. The second-order valence-corrected chi connectivity index (χ2v) is 4.78. The number of carboxylic acid groups (broad SMARTS) is 1. The zero-order chi connectivity index (χ0) is 14.0. The number of ether oxygens (including phenoxy) is 3. The lowest BCUT2D eigenvalue weighted by molar-refractivity contribution is -0.147. The van der Waals surface area contributed by atoms with Crippen LogP contribution >= 0.6 is 15.9 Å². The van der Waals surface area contributed by atoms with Gasteiger partial charge in [-0.05, 0) is 15.9 Å². The van der Waals surface area contributed by atoms with Crippen molar-refractivity contribution in [2.45, 2.75) is 12.5 Å². The fraction of sp³-hybridized carbons (Fsp3) is 0.417. The minimum Gasteiger partial charge on any atom is -0.495 e. The fourth-order valence-corrected chi connectivity index (χ4v) is 2.44. The molecular formula is C12H13BrO6. The topological polar surface area (TPSA) is 85.2 Å². The standard InChI is InChI=1S/C12H13BrO6/c1-17-10-6(13)5-7-11(19-4-2-3-18-7)8(10)9(14)12(15)16/h5,9,14H,2-4H2,1H3,(H,15,16). The smallest absolute Gasteiger partial charge is 0.337 e. The number of benzene rings is 1. The minimum absolute atomic E-state index is 0.0567. The van der Waals surface area contributed by atoms with Crippen molar-refractivity contribution in [3.8, 4) is 17.2 Å². The average molecular weight is 333 g/mol. The number of carbonyl (C=O) groups is 1. The summed E-state index contributed by atoms with van der Waals surface area (Å²) in [5, 5.41) is 18.8. The normalized spacial score (nSPS) is 15.5. The van der Waals surface area contributed by atoms with E-state index in [-0.39, 0.29) is 17.1 Å². The molecule has 1 heterocycles. The molecule has 1 aliphatic rings. The van der Waals surface area contributed by atoms with E-state index < -0.39 is 12.1 Å². The molecule has 2 N–H and O–H groups in total. The van der Waals surface area contributed by atoms with Gasteiger partial charge in [0.15, 0.2) is 17.6 Å². The molecule has 0 amide bonds. The second kappa shape index (κ2) is 5.66. The molecule has 0 aliphatic carbocycles. The molecule has 1 aliphatic heterocycles. The first-order chi connectivity index (χ1) is 9.06. The van der Waals surface area contributed by atoms with E-state index in [1.165, 1.54) is 7.11 Å². The van der Waals surface area contributed by atoms with Crippen molar-refractivity contribution in [2.24, 2.45) is 0 Å². The maximum Gasteiger partial charge on any atom is 0.337 e. The van der Waals surface area contributed by atoms with E-state index in [0.29, 0.717) is 29.9 Å². The molecule has 0 saturated heterocycles. The van der Waals surface area contributed by atoms with E-state index >= 15 is 0 Å². The summed E-state index contributed by atoms with van der Waals surface area (Å²) < 4.78 is 16.6. The first kappa shape index (κ1) is 14.0. The Kier molecular flexibility index (Phi) is 4.16. The number of halogens is 1. The summed E-state index contributed by atoms with van der Waals surface area (Å²) in [7, 11) is 1.39. The van der Waals surface area contributed by atoms with Crippen molar-refractivity contribution in [2.75, 3.05) is 20.3 Å². The van der Waals surface area contributed by atoms with Gasteiger partial charge in [0.1, 0.15) is 5.75 Å². The molecular weight excluding hydrogens is 320 g/mol. The van der Waals surface area contributed by atoms with E-state index in [1.54, 1.807) is 6.07 Å². The molecule has 1 unspecified atom stereocenters. The summed E-state index contributed by atoms with van der Waals surface area (Å²) >= 11 is 3.26. The van der Waals surface area contributed by atoms with Crippen LogP contribution in [0.15, 0.2) is 10.5 Å². The summed E-state index contributed by atoms with van der Waals surface area (Å²) in [5.74, 6) is -0.557. The highest BCUT2D eigenvalue weighted by molar-refractivity contribution is 9.10. The van der Waals surface area contributed by atoms with Crippen molar-refractivity contribution in [3.05, 3.63) is 16.1 Å². The number of fused-ring (bicyclic) bond motifs is 1. The summed E-state index contributed by atoms with van der Waals surface area (Å²) in [4.78, 5) is 11.0. The van der Waals surface area contributed by atoms with Crippen LogP contribution in [-0.2, 0) is 4.79 Å². The molecule has 2 rings (SSSR count). The van der Waals surface area contributed by atoms with Crippen molar-refractivity contribution < 1.29 is 29.2 Å². The third kappa shape index (κ3) is 2.62. The van der Waals surface area contributed by atoms with Crippen LogP contribution in [0, 0.1) is 0 Å². The third-order valence-electron chi connectivity index (χ3n) is 2.69.